The van der Waals surface area contributed by atoms with Crippen LogP contribution in [-0.4, -0.2) is 21.1 Å². The number of rotatable bonds is 5. The highest BCUT2D eigenvalue weighted by molar-refractivity contribution is 5.85. The van der Waals surface area contributed by atoms with Gasteiger partial charge in [-0.3, -0.25) is 4.57 Å². The zero-order valence-corrected chi connectivity index (χ0v) is 13.4. The van der Waals surface area contributed by atoms with Crippen LogP contribution in [0.25, 0.3) is 5.69 Å². The molecular weight excluding hydrogens is 288 g/mol. The number of aromatic nitrogens is 3. The summed E-state index contributed by atoms with van der Waals surface area (Å²) in [6, 6.07) is 5.92. The summed E-state index contributed by atoms with van der Waals surface area (Å²) in [5, 5.41) is 3.06. The van der Waals surface area contributed by atoms with E-state index >= 15 is 0 Å². The van der Waals surface area contributed by atoms with Crippen molar-refractivity contribution in [2.75, 3.05) is 11.9 Å². The van der Waals surface area contributed by atoms with Crippen LogP contribution in [0, 0.1) is 13.8 Å². The number of anilines is 1. The summed E-state index contributed by atoms with van der Waals surface area (Å²) in [6.45, 7) is 6.84. The number of aryl methyl sites for hydroxylation is 2. The van der Waals surface area contributed by atoms with E-state index in [4.69, 9.17) is 0 Å². The van der Waals surface area contributed by atoms with Gasteiger partial charge in [-0.1, -0.05) is 31.5 Å². The van der Waals surface area contributed by atoms with Crippen LogP contribution < -0.4 is 11.0 Å². The predicted molar refractivity (Wildman–Crippen MR) is 87.7 cm³/mol. The van der Waals surface area contributed by atoms with Gasteiger partial charge in [-0.05, 0) is 31.4 Å². The first-order valence-corrected chi connectivity index (χ1v) is 6.89. The van der Waals surface area contributed by atoms with Crippen LogP contribution in [0.4, 0.5) is 5.95 Å². The molecule has 6 heteroatoms. The molecule has 1 aromatic carbocycles. The second-order valence-corrected chi connectivity index (χ2v) is 4.85. The molecule has 0 aliphatic rings. The van der Waals surface area contributed by atoms with Crippen LogP contribution in [0.15, 0.2) is 29.3 Å². The average Bonchev–Trinajstić information content (AvgIpc) is 2.41. The first-order chi connectivity index (χ1) is 9.63. The smallest absolute Gasteiger partial charge is 0.354 e. The first kappa shape index (κ1) is 17.2. The lowest BCUT2D eigenvalue weighted by Gasteiger charge is -2.11. The normalized spacial score (nSPS) is 10.0. The van der Waals surface area contributed by atoms with Crippen LogP contribution in [0.5, 0.6) is 0 Å². The van der Waals surface area contributed by atoms with Gasteiger partial charge in [0.15, 0.2) is 0 Å². The fourth-order valence-corrected chi connectivity index (χ4v) is 2.14. The molecule has 1 aromatic heterocycles. The molecule has 0 spiro atoms. The van der Waals surface area contributed by atoms with Crippen LogP contribution >= 0.6 is 12.4 Å². The van der Waals surface area contributed by atoms with E-state index in [-0.39, 0.29) is 18.1 Å². The van der Waals surface area contributed by atoms with E-state index in [0.29, 0.717) is 5.95 Å². The second-order valence-electron chi connectivity index (χ2n) is 4.85. The number of halogens is 1. The Kier molecular flexibility index (Phi) is 6.37. The third-order valence-corrected chi connectivity index (χ3v) is 3.20. The third-order valence-electron chi connectivity index (χ3n) is 3.20. The minimum atomic E-state index is -0.309. The van der Waals surface area contributed by atoms with Gasteiger partial charge in [-0.2, -0.15) is 4.98 Å². The molecule has 0 amide bonds. The van der Waals surface area contributed by atoms with Gasteiger partial charge >= 0.3 is 5.69 Å². The largest absolute Gasteiger partial charge is 0.356 e. The lowest BCUT2D eigenvalue weighted by atomic mass is 10.1. The van der Waals surface area contributed by atoms with Gasteiger partial charge in [0, 0.05) is 6.54 Å². The highest BCUT2D eigenvalue weighted by Crippen LogP contribution is 2.16. The summed E-state index contributed by atoms with van der Waals surface area (Å²) in [7, 11) is 0. The van der Waals surface area contributed by atoms with Crippen molar-refractivity contribution in [3.8, 4) is 5.69 Å². The highest BCUT2D eigenvalue weighted by Gasteiger charge is 2.08. The molecule has 0 aliphatic carbocycles. The molecule has 1 heterocycles. The average molecular weight is 309 g/mol. The fraction of sp³-hybridized carbons (Fsp3) is 0.400. The maximum Gasteiger partial charge on any atom is 0.356 e. The van der Waals surface area contributed by atoms with Gasteiger partial charge in [0.2, 0.25) is 5.95 Å². The van der Waals surface area contributed by atoms with Crippen LogP contribution in [-0.2, 0) is 0 Å². The Balaban J connectivity index is 0.00000220. The van der Waals surface area contributed by atoms with Crippen molar-refractivity contribution in [3.05, 3.63) is 46.1 Å². The van der Waals surface area contributed by atoms with E-state index < -0.39 is 0 Å². The predicted octanol–water partition coefficient (Wildman–Crippen LogP) is 2.88. The van der Waals surface area contributed by atoms with E-state index in [1.165, 1.54) is 4.57 Å². The highest BCUT2D eigenvalue weighted by atomic mass is 35.5. The lowest BCUT2D eigenvalue weighted by Crippen LogP contribution is -2.25. The van der Waals surface area contributed by atoms with Gasteiger partial charge in [-0.25, -0.2) is 9.78 Å². The number of nitrogens with zero attached hydrogens (tertiary/aromatic N) is 3. The van der Waals surface area contributed by atoms with Crippen LogP contribution in [0.1, 0.15) is 30.9 Å². The van der Waals surface area contributed by atoms with Crippen molar-refractivity contribution >= 4 is 18.4 Å². The zero-order chi connectivity index (χ0) is 14.5. The van der Waals surface area contributed by atoms with Crippen LogP contribution in [0.2, 0.25) is 0 Å². The second kappa shape index (κ2) is 7.78. The molecule has 21 heavy (non-hydrogen) atoms. The zero-order valence-electron chi connectivity index (χ0n) is 12.6. The van der Waals surface area contributed by atoms with Crippen molar-refractivity contribution in [1.82, 2.24) is 14.5 Å². The van der Waals surface area contributed by atoms with E-state index in [1.54, 1.807) is 6.33 Å². The van der Waals surface area contributed by atoms with E-state index in [1.807, 2.05) is 32.0 Å². The molecular formula is C15H21ClN4O. The molecule has 0 saturated heterocycles. The molecule has 2 rings (SSSR count). The Morgan fingerprint density at radius 3 is 2.48 bits per heavy atom. The Labute approximate surface area is 130 Å². The summed E-state index contributed by atoms with van der Waals surface area (Å²) in [5.74, 6) is 0.394. The van der Waals surface area contributed by atoms with E-state index in [0.717, 1.165) is 36.2 Å². The van der Waals surface area contributed by atoms with Crippen molar-refractivity contribution in [2.45, 2.75) is 33.6 Å². The van der Waals surface area contributed by atoms with E-state index in [2.05, 4.69) is 22.2 Å². The van der Waals surface area contributed by atoms with Gasteiger partial charge in [-0.15, -0.1) is 12.4 Å². The molecule has 2 aromatic rings. The first-order valence-electron chi connectivity index (χ1n) is 6.89. The van der Waals surface area contributed by atoms with Crippen molar-refractivity contribution < 1.29 is 0 Å². The lowest BCUT2D eigenvalue weighted by molar-refractivity contribution is 0.805. The number of hydrogen-bond acceptors (Lipinski definition) is 4. The molecule has 0 unspecified atom stereocenters. The minimum Gasteiger partial charge on any atom is -0.354 e. The molecule has 0 aliphatic heterocycles. The van der Waals surface area contributed by atoms with Gasteiger partial charge in [0.05, 0.1) is 5.69 Å². The van der Waals surface area contributed by atoms with Crippen molar-refractivity contribution in [3.63, 3.8) is 0 Å². The number of benzene rings is 1. The van der Waals surface area contributed by atoms with Gasteiger partial charge in [0.1, 0.15) is 6.33 Å². The number of hydrogen-bond donors (Lipinski definition) is 1. The molecule has 0 radical (unpaired) electrons. The maximum atomic E-state index is 12.1. The SMILES string of the molecule is CCCCNc1ncn(-c2c(C)cccc2C)c(=O)n1.Cl. The monoisotopic (exact) mass is 308 g/mol. The Morgan fingerprint density at radius 1 is 1.24 bits per heavy atom. The quantitative estimate of drug-likeness (QED) is 0.863. The fourth-order valence-electron chi connectivity index (χ4n) is 2.14. The van der Waals surface area contributed by atoms with Crippen molar-refractivity contribution in [2.24, 2.45) is 0 Å². The van der Waals surface area contributed by atoms with Gasteiger partial charge in [0.25, 0.3) is 0 Å². The Hall–Kier alpha value is -1.88. The maximum absolute atomic E-state index is 12.1. The standard InChI is InChI=1S/C15H20N4O.ClH/c1-4-5-9-16-14-17-10-19(15(20)18-14)13-11(2)7-6-8-12(13)3;/h6-8,10H,4-5,9H2,1-3H3,(H,16,18,20);1H. The molecule has 0 saturated carbocycles. The van der Waals surface area contributed by atoms with Crippen LogP contribution in [0.3, 0.4) is 0 Å². The Morgan fingerprint density at radius 2 is 1.90 bits per heavy atom. The number of unbranched alkanes of at least 4 members (excludes halogenated alkanes) is 1. The molecule has 0 bridgehead atoms. The number of nitrogens with one attached hydrogen (secondary N) is 1. The molecule has 1 N–H and O–H groups in total. The molecule has 114 valence electrons. The van der Waals surface area contributed by atoms with Crippen molar-refractivity contribution in [1.29, 1.82) is 0 Å². The topological polar surface area (TPSA) is 59.8 Å². The van der Waals surface area contributed by atoms with Gasteiger partial charge < -0.3 is 5.32 Å². The summed E-state index contributed by atoms with van der Waals surface area (Å²) in [5.41, 5.74) is 2.61. The summed E-state index contributed by atoms with van der Waals surface area (Å²) in [4.78, 5) is 20.3. The molecule has 5 nitrogen and oxygen atoms in total. The van der Waals surface area contributed by atoms with E-state index in [9.17, 15) is 4.79 Å². The molecule has 0 atom stereocenters. The molecule has 0 fully saturated rings. The minimum absolute atomic E-state index is 0. The third kappa shape index (κ3) is 4.04. The summed E-state index contributed by atoms with van der Waals surface area (Å²) in [6.07, 6.45) is 3.66. The summed E-state index contributed by atoms with van der Waals surface area (Å²) < 4.78 is 1.50. The number of para-hydroxylation sites is 1. The summed E-state index contributed by atoms with van der Waals surface area (Å²) >= 11 is 0. The Bertz CT molecular complexity index is 634.